The van der Waals surface area contributed by atoms with Crippen molar-refractivity contribution in [3.63, 3.8) is 0 Å². The molecular weight excluding hydrogens is 169 g/mol. The van der Waals surface area contributed by atoms with Gasteiger partial charge in [-0.15, -0.1) is 0 Å². The predicted molar refractivity (Wildman–Crippen MR) is 54.9 cm³/mol. The van der Waals surface area contributed by atoms with Gasteiger partial charge in [-0.3, -0.25) is 0 Å². The molecule has 1 aliphatic rings. The van der Waals surface area contributed by atoms with Crippen molar-refractivity contribution in [1.29, 1.82) is 0 Å². The van der Waals surface area contributed by atoms with Crippen molar-refractivity contribution in [2.24, 2.45) is 5.92 Å². The second kappa shape index (κ2) is 5.90. The molecule has 0 aromatic carbocycles. The Morgan fingerprint density at radius 1 is 1.42 bits per heavy atom. The number of hydrogen-bond donors (Lipinski definition) is 1. The molecule has 0 saturated carbocycles. The van der Waals surface area contributed by atoms with Gasteiger partial charge in [0.15, 0.2) is 0 Å². The Hall–Kier alpha value is 0.350. The number of piperidine rings is 1. The van der Waals surface area contributed by atoms with Crippen LogP contribution in [0.2, 0.25) is 0 Å². The van der Waals surface area contributed by atoms with Gasteiger partial charge in [0.25, 0.3) is 0 Å². The highest BCUT2D eigenvalue weighted by Gasteiger charge is 2.13. The molecule has 0 radical (unpaired) electrons. The van der Waals surface area contributed by atoms with E-state index in [2.05, 4.69) is 12.0 Å². The van der Waals surface area contributed by atoms with Gasteiger partial charge in [0.2, 0.25) is 0 Å². The van der Waals surface area contributed by atoms with Crippen LogP contribution in [0.1, 0.15) is 19.3 Å². The molecule has 2 nitrogen and oxygen atoms in total. The molecule has 1 fully saturated rings. The van der Waals surface area contributed by atoms with E-state index in [1.165, 1.54) is 38.5 Å². The Morgan fingerprint density at radius 3 is 2.67 bits per heavy atom. The Kier molecular flexibility index (Phi) is 5.13. The summed E-state index contributed by atoms with van der Waals surface area (Å²) in [6, 6.07) is 0. The fourth-order valence-electron chi connectivity index (χ4n) is 1.63. The quantitative estimate of drug-likeness (QED) is 0.683. The highest BCUT2D eigenvalue weighted by molar-refractivity contribution is 7.51. The average molecular weight is 189 g/mol. The molecule has 0 aliphatic carbocycles. The van der Waals surface area contributed by atoms with Gasteiger partial charge in [0, 0.05) is 15.3 Å². The lowest BCUT2D eigenvalue weighted by atomic mass is 9.96. The molecule has 3 heteroatoms. The summed E-state index contributed by atoms with van der Waals surface area (Å²) in [6.07, 6.45) is 5.40. The van der Waals surface area contributed by atoms with Crippen molar-refractivity contribution in [2.75, 3.05) is 33.0 Å². The van der Waals surface area contributed by atoms with Gasteiger partial charge in [0.1, 0.15) is 0 Å². The molecular formula is C9H20NOP. The first-order chi connectivity index (χ1) is 5.83. The third kappa shape index (κ3) is 3.84. The molecule has 1 rings (SSSR count). The molecule has 1 aliphatic heterocycles. The fraction of sp³-hybridized carbons (Fsp3) is 1.00. The largest absolute Gasteiger partial charge is 0.363 e. The predicted octanol–water partition coefficient (Wildman–Crippen LogP) is 2.05. The number of rotatable bonds is 4. The molecule has 12 heavy (non-hydrogen) atoms. The van der Waals surface area contributed by atoms with Crippen molar-refractivity contribution in [1.82, 2.24) is 5.32 Å². The number of nitrogens with one attached hydrogen (secondary N) is 1. The van der Waals surface area contributed by atoms with Crippen molar-refractivity contribution >= 4 is 8.15 Å². The van der Waals surface area contributed by atoms with Crippen LogP contribution in [0.3, 0.4) is 0 Å². The van der Waals surface area contributed by atoms with E-state index in [9.17, 15) is 0 Å². The van der Waals surface area contributed by atoms with E-state index in [1.807, 2.05) is 7.11 Å². The third-order valence-corrected chi connectivity index (χ3v) is 4.13. The van der Waals surface area contributed by atoms with E-state index in [1.54, 1.807) is 0 Å². The first-order valence-corrected chi connectivity index (χ1v) is 6.68. The normalized spacial score (nSPS) is 22.5. The Morgan fingerprint density at radius 2 is 2.08 bits per heavy atom. The minimum absolute atomic E-state index is 0.124. The molecule has 0 spiro atoms. The third-order valence-electron chi connectivity index (χ3n) is 2.62. The molecule has 1 unspecified atom stereocenters. The van der Waals surface area contributed by atoms with E-state index in [4.69, 9.17) is 4.52 Å². The molecule has 0 aromatic heterocycles. The lowest BCUT2D eigenvalue weighted by molar-refractivity contribution is 0.363. The van der Waals surface area contributed by atoms with Crippen LogP contribution >= 0.6 is 8.15 Å². The lowest BCUT2D eigenvalue weighted by Crippen LogP contribution is -2.28. The molecule has 1 N–H and O–H groups in total. The van der Waals surface area contributed by atoms with Gasteiger partial charge in [-0.25, -0.2) is 0 Å². The van der Waals surface area contributed by atoms with Gasteiger partial charge < -0.3 is 9.84 Å². The Balaban J connectivity index is 2.05. The zero-order valence-corrected chi connectivity index (χ0v) is 9.07. The molecule has 0 aromatic rings. The smallest absolute Gasteiger partial charge is 0.0398 e. The van der Waals surface area contributed by atoms with Gasteiger partial charge in [-0.05, 0) is 51.1 Å². The van der Waals surface area contributed by atoms with E-state index < -0.39 is 0 Å². The first kappa shape index (κ1) is 10.4. The zero-order chi connectivity index (χ0) is 8.81. The zero-order valence-electron chi connectivity index (χ0n) is 8.18. The molecule has 72 valence electrons. The SMILES string of the molecule is COP(C)CCC1CCNCC1. The summed E-state index contributed by atoms with van der Waals surface area (Å²) in [5, 5.41) is 3.39. The van der Waals surface area contributed by atoms with Crippen LogP contribution in [0.15, 0.2) is 0 Å². The molecule has 1 saturated heterocycles. The van der Waals surface area contributed by atoms with Crippen molar-refractivity contribution in [3.05, 3.63) is 0 Å². The van der Waals surface area contributed by atoms with Crippen molar-refractivity contribution < 1.29 is 4.52 Å². The summed E-state index contributed by atoms with van der Waals surface area (Å²) < 4.78 is 5.29. The fourth-order valence-corrected chi connectivity index (χ4v) is 2.54. The maximum absolute atomic E-state index is 5.29. The lowest BCUT2D eigenvalue weighted by Gasteiger charge is -2.23. The average Bonchev–Trinajstić information content (AvgIpc) is 2.16. The summed E-state index contributed by atoms with van der Waals surface area (Å²) in [7, 11) is 1.70. The van der Waals surface area contributed by atoms with Gasteiger partial charge in [-0.1, -0.05) is 0 Å². The molecule has 0 amide bonds. The van der Waals surface area contributed by atoms with E-state index in [0.29, 0.717) is 0 Å². The topological polar surface area (TPSA) is 21.3 Å². The van der Waals surface area contributed by atoms with Crippen molar-refractivity contribution in [2.45, 2.75) is 19.3 Å². The van der Waals surface area contributed by atoms with E-state index >= 15 is 0 Å². The van der Waals surface area contributed by atoms with Crippen LogP contribution in [-0.4, -0.2) is 33.0 Å². The van der Waals surface area contributed by atoms with E-state index in [0.717, 1.165) is 5.92 Å². The van der Waals surface area contributed by atoms with Gasteiger partial charge in [-0.2, -0.15) is 0 Å². The summed E-state index contributed by atoms with van der Waals surface area (Å²) in [5.41, 5.74) is 0. The van der Waals surface area contributed by atoms with Crippen LogP contribution in [-0.2, 0) is 4.52 Å². The maximum Gasteiger partial charge on any atom is 0.0398 e. The van der Waals surface area contributed by atoms with E-state index in [-0.39, 0.29) is 8.15 Å². The summed E-state index contributed by atoms with van der Waals surface area (Å²) in [4.78, 5) is 0. The monoisotopic (exact) mass is 189 g/mol. The van der Waals surface area contributed by atoms with Crippen molar-refractivity contribution in [3.8, 4) is 0 Å². The maximum atomic E-state index is 5.29. The summed E-state index contributed by atoms with van der Waals surface area (Å²) in [5.74, 6) is 0.964. The highest BCUT2D eigenvalue weighted by atomic mass is 31.1. The van der Waals surface area contributed by atoms with Gasteiger partial charge in [0.05, 0.1) is 0 Å². The van der Waals surface area contributed by atoms with Crippen LogP contribution < -0.4 is 5.32 Å². The Bertz CT molecular complexity index is 115. The van der Waals surface area contributed by atoms with Crippen LogP contribution in [0, 0.1) is 5.92 Å². The van der Waals surface area contributed by atoms with Gasteiger partial charge >= 0.3 is 0 Å². The standard InChI is InChI=1S/C9H20NOP/c1-11-12(2)8-5-9-3-6-10-7-4-9/h9-10H,3-8H2,1-2H3. The number of hydrogen-bond acceptors (Lipinski definition) is 2. The second-order valence-corrected chi connectivity index (χ2v) is 5.58. The highest BCUT2D eigenvalue weighted by Crippen LogP contribution is 2.33. The first-order valence-electron chi connectivity index (χ1n) is 4.79. The Labute approximate surface area is 76.9 Å². The molecule has 0 bridgehead atoms. The molecule has 1 atom stereocenters. The second-order valence-electron chi connectivity index (χ2n) is 3.52. The minimum atomic E-state index is -0.124. The molecule has 1 heterocycles. The van der Waals surface area contributed by atoms with Crippen LogP contribution in [0.25, 0.3) is 0 Å². The summed E-state index contributed by atoms with van der Waals surface area (Å²) in [6.45, 7) is 4.66. The summed E-state index contributed by atoms with van der Waals surface area (Å²) >= 11 is 0. The minimum Gasteiger partial charge on any atom is -0.363 e. The van der Waals surface area contributed by atoms with Crippen LogP contribution in [0.5, 0.6) is 0 Å². The van der Waals surface area contributed by atoms with Crippen LogP contribution in [0.4, 0.5) is 0 Å².